The van der Waals surface area contributed by atoms with Crippen molar-refractivity contribution in [1.82, 2.24) is 0 Å². The SMILES string of the molecule is Cc1ccc(Cl)cc1NC(=O)C(C)SCc1ccccc1F. The maximum atomic E-state index is 13.6. The third kappa shape index (κ3) is 4.49. The topological polar surface area (TPSA) is 29.1 Å². The summed E-state index contributed by atoms with van der Waals surface area (Å²) in [6, 6.07) is 12.0. The molecule has 0 aromatic heterocycles. The van der Waals surface area contributed by atoms with Crippen LogP contribution in [0.15, 0.2) is 42.5 Å². The second-order valence-electron chi connectivity index (χ2n) is 4.99. The Labute approximate surface area is 139 Å². The molecular formula is C17H17ClFNOS. The van der Waals surface area contributed by atoms with Crippen molar-refractivity contribution in [1.29, 1.82) is 0 Å². The van der Waals surface area contributed by atoms with Crippen LogP contribution in [0.3, 0.4) is 0 Å². The molecule has 0 spiro atoms. The molecule has 1 unspecified atom stereocenters. The van der Waals surface area contributed by atoms with Crippen molar-refractivity contribution >= 4 is 35.0 Å². The summed E-state index contributed by atoms with van der Waals surface area (Å²) in [5, 5.41) is 3.15. The van der Waals surface area contributed by atoms with E-state index in [0.717, 1.165) is 5.56 Å². The van der Waals surface area contributed by atoms with Crippen LogP contribution in [0.2, 0.25) is 5.02 Å². The largest absolute Gasteiger partial charge is 0.325 e. The molecule has 2 aromatic rings. The number of carbonyl (C=O) groups excluding carboxylic acids is 1. The highest BCUT2D eigenvalue weighted by Gasteiger charge is 2.15. The van der Waals surface area contributed by atoms with Gasteiger partial charge in [0.05, 0.1) is 5.25 Å². The first-order valence-corrected chi connectivity index (χ1v) is 8.32. The molecule has 0 saturated heterocycles. The van der Waals surface area contributed by atoms with Crippen molar-refractivity contribution in [3.63, 3.8) is 0 Å². The number of thioether (sulfide) groups is 1. The zero-order valence-electron chi connectivity index (χ0n) is 12.4. The molecule has 0 fully saturated rings. The Hall–Kier alpha value is -1.52. The second kappa shape index (κ2) is 7.65. The molecule has 0 saturated carbocycles. The van der Waals surface area contributed by atoms with E-state index in [2.05, 4.69) is 5.32 Å². The number of anilines is 1. The van der Waals surface area contributed by atoms with E-state index in [1.807, 2.05) is 13.0 Å². The van der Waals surface area contributed by atoms with E-state index < -0.39 is 0 Å². The number of hydrogen-bond acceptors (Lipinski definition) is 2. The monoisotopic (exact) mass is 337 g/mol. The van der Waals surface area contributed by atoms with Gasteiger partial charge in [-0.15, -0.1) is 11.8 Å². The van der Waals surface area contributed by atoms with Gasteiger partial charge in [-0.25, -0.2) is 4.39 Å². The van der Waals surface area contributed by atoms with Gasteiger partial charge in [0.1, 0.15) is 5.82 Å². The van der Waals surface area contributed by atoms with Gasteiger partial charge in [0, 0.05) is 16.5 Å². The van der Waals surface area contributed by atoms with Gasteiger partial charge >= 0.3 is 0 Å². The average Bonchev–Trinajstić information content (AvgIpc) is 2.49. The molecule has 2 aromatic carbocycles. The zero-order chi connectivity index (χ0) is 16.1. The molecule has 0 radical (unpaired) electrons. The number of nitrogens with one attached hydrogen (secondary N) is 1. The molecule has 2 nitrogen and oxygen atoms in total. The lowest BCUT2D eigenvalue weighted by Crippen LogP contribution is -2.23. The molecular weight excluding hydrogens is 321 g/mol. The normalized spacial score (nSPS) is 12.0. The van der Waals surface area contributed by atoms with Crippen LogP contribution in [0.4, 0.5) is 10.1 Å². The number of benzene rings is 2. The Bertz CT molecular complexity index is 677. The van der Waals surface area contributed by atoms with E-state index in [9.17, 15) is 9.18 Å². The third-order valence-corrected chi connectivity index (χ3v) is 4.70. The van der Waals surface area contributed by atoms with Gasteiger partial charge in [-0.1, -0.05) is 35.9 Å². The fraction of sp³-hybridized carbons (Fsp3) is 0.235. The van der Waals surface area contributed by atoms with Gasteiger partial charge in [-0.2, -0.15) is 0 Å². The lowest BCUT2D eigenvalue weighted by molar-refractivity contribution is -0.115. The van der Waals surface area contributed by atoms with Crippen molar-refractivity contribution in [2.24, 2.45) is 0 Å². The highest BCUT2D eigenvalue weighted by Crippen LogP contribution is 2.23. The number of rotatable bonds is 5. The summed E-state index contributed by atoms with van der Waals surface area (Å²) in [4.78, 5) is 12.2. The summed E-state index contributed by atoms with van der Waals surface area (Å²) >= 11 is 7.34. The molecule has 0 aliphatic rings. The highest BCUT2D eigenvalue weighted by molar-refractivity contribution is 7.99. The number of hydrogen-bond donors (Lipinski definition) is 1. The average molecular weight is 338 g/mol. The minimum atomic E-state index is -0.294. The first-order valence-electron chi connectivity index (χ1n) is 6.89. The standard InChI is InChI=1S/C17H17ClFNOS/c1-11-7-8-14(18)9-16(11)20-17(21)12(2)22-10-13-5-3-4-6-15(13)19/h3-9,12H,10H2,1-2H3,(H,20,21). The Morgan fingerprint density at radius 3 is 2.77 bits per heavy atom. The fourth-order valence-corrected chi connectivity index (χ4v) is 2.92. The molecule has 0 bridgehead atoms. The maximum Gasteiger partial charge on any atom is 0.237 e. The van der Waals surface area contributed by atoms with Crippen LogP contribution in [0, 0.1) is 12.7 Å². The second-order valence-corrected chi connectivity index (χ2v) is 6.76. The van der Waals surface area contributed by atoms with Gasteiger partial charge in [-0.05, 0) is 43.2 Å². The van der Waals surface area contributed by atoms with Gasteiger partial charge in [0.25, 0.3) is 0 Å². The first kappa shape index (κ1) is 16.8. The van der Waals surface area contributed by atoms with Crippen LogP contribution < -0.4 is 5.32 Å². The molecule has 2 rings (SSSR count). The van der Waals surface area contributed by atoms with Crippen LogP contribution in [0.25, 0.3) is 0 Å². The van der Waals surface area contributed by atoms with E-state index in [1.54, 1.807) is 37.3 Å². The van der Waals surface area contributed by atoms with E-state index in [0.29, 0.717) is 22.0 Å². The van der Waals surface area contributed by atoms with E-state index in [-0.39, 0.29) is 17.0 Å². The summed E-state index contributed by atoms with van der Waals surface area (Å²) in [7, 11) is 0. The minimum Gasteiger partial charge on any atom is -0.325 e. The lowest BCUT2D eigenvalue weighted by atomic mass is 10.2. The Morgan fingerprint density at radius 2 is 2.05 bits per heavy atom. The Kier molecular flexibility index (Phi) is 5.86. The third-order valence-electron chi connectivity index (χ3n) is 3.27. The highest BCUT2D eigenvalue weighted by atomic mass is 35.5. The van der Waals surface area contributed by atoms with Crippen LogP contribution >= 0.6 is 23.4 Å². The van der Waals surface area contributed by atoms with E-state index in [1.165, 1.54) is 17.8 Å². The summed E-state index contributed by atoms with van der Waals surface area (Å²) in [6.07, 6.45) is 0. The molecule has 22 heavy (non-hydrogen) atoms. The van der Waals surface area contributed by atoms with E-state index >= 15 is 0 Å². The smallest absolute Gasteiger partial charge is 0.237 e. The number of aryl methyl sites for hydroxylation is 1. The van der Waals surface area contributed by atoms with Crippen LogP contribution in [-0.4, -0.2) is 11.2 Å². The van der Waals surface area contributed by atoms with Crippen molar-refractivity contribution in [3.8, 4) is 0 Å². The molecule has 0 aliphatic carbocycles. The van der Waals surface area contributed by atoms with E-state index in [4.69, 9.17) is 11.6 Å². The predicted molar refractivity (Wildman–Crippen MR) is 92.0 cm³/mol. The molecule has 1 atom stereocenters. The van der Waals surface area contributed by atoms with Crippen molar-refractivity contribution in [2.45, 2.75) is 24.9 Å². The summed E-state index contributed by atoms with van der Waals surface area (Å²) in [6.45, 7) is 3.71. The van der Waals surface area contributed by atoms with Crippen LogP contribution in [0.5, 0.6) is 0 Å². The summed E-state index contributed by atoms with van der Waals surface area (Å²) in [5.41, 5.74) is 2.26. The van der Waals surface area contributed by atoms with Gasteiger partial charge < -0.3 is 5.32 Å². The van der Waals surface area contributed by atoms with Gasteiger partial charge in [0.15, 0.2) is 0 Å². The number of amides is 1. The summed E-state index contributed by atoms with van der Waals surface area (Å²) in [5.74, 6) is 0.0930. The summed E-state index contributed by atoms with van der Waals surface area (Å²) < 4.78 is 13.6. The lowest BCUT2D eigenvalue weighted by Gasteiger charge is -2.14. The molecule has 0 aliphatic heterocycles. The molecule has 0 heterocycles. The first-order chi connectivity index (χ1) is 10.5. The van der Waals surface area contributed by atoms with Crippen molar-refractivity contribution in [3.05, 3.63) is 64.4 Å². The fourth-order valence-electron chi connectivity index (χ4n) is 1.87. The van der Waals surface area contributed by atoms with Crippen LogP contribution in [-0.2, 0) is 10.5 Å². The number of halogens is 2. The quantitative estimate of drug-likeness (QED) is 0.827. The zero-order valence-corrected chi connectivity index (χ0v) is 14.0. The Morgan fingerprint density at radius 1 is 1.32 bits per heavy atom. The molecule has 1 N–H and O–H groups in total. The number of carbonyl (C=O) groups is 1. The van der Waals surface area contributed by atoms with Gasteiger partial charge in [0.2, 0.25) is 5.91 Å². The molecule has 116 valence electrons. The molecule has 1 amide bonds. The Balaban J connectivity index is 1.95. The minimum absolute atomic E-state index is 0.119. The molecule has 5 heteroatoms. The van der Waals surface area contributed by atoms with Gasteiger partial charge in [-0.3, -0.25) is 4.79 Å². The predicted octanol–water partition coefficient (Wildman–Crippen LogP) is 5.05. The van der Waals surface area contributed by atoms with Crippen molar-refractivity contribution in [2.75, 3.05) is 5.32 Å². The van der Waals surface area contributed by atoms with Crippen LogP contribution in [0.1, 0.15) is 18.1 Å². The maximum absolute atomic E-state index is 13.6. The van der Waals surface area contributed by atoms with Crippen molar-refractivity contribution < 1.29 is 9.18 Å².